The van der Waals surface area contributed by atoms with Gasteiger partial charge in [-0.05, 0) is 46.8 Å². The van der Waals surface area contributed by atoms with Gasteiger partial charge in [0.15, 0.2) is 0 Å². The number of hydrogen-bond donors (Lipinski definition) is 1. The zero-order valence-corrected chi connectivity index (χ0v) is 12.2. The maximum atomic E-state index is 12.5. The van der Waals surface area contributed by atoms with Crippen LogP contribution < -0.4 is 5.43 Å². The van der Waals surface area contributed by atoms with E-state index in [2.05, 4.69) is 11.5 Å². The van der Waals surface area contributed by atoms with Crippen LogP contribution >= 0.6 is 0 Å². The summed E-state index contributed by atoms with van der Waals surface area (Å²) in [6.07, 6.45) is 0. The van der Waals surface area contributed by atoms with E-state index in [4.69, 9.17) is 5.26 Å². The van der Waals surface area contributed by atoms with Gasteiger partial charge in [0.05, 0.1) is 11.6 Å². The summed E-state index contributed by atoms with van der Waals surface area (Å²) in [6.45, 7) is 9.25. The molecule has 4 nitrogen and oxygen atoms in total. The summed E-state index contributed by atoms with van der Waals surface area (Å²) in [4.78, 5) is 12.5. The Labute approximate surface area is 115 Å². The average Bonchev–Trinajstić information content (AvgIpc) is 2.35. The van der Waals surface area contributed by atoms with Crippen LogP contribution in [0.25, 0.3) is 0 Å². The van der Waals surface area contributed by atoms with Crippen molar-refractivity contribution in [3.8, 4) is 6.07 Å². The molecule has 1 rings (SSSR count). The van der Waals surface area contributed by atoms with Crippen LogP contribution in [0, 0.1) is 11.3 Å². The molecule has 1 aromatic rings. The molecular weight excluding hydrogens is 238 g/mol. The fourth-order valence-corrected chi connectivity index (χ4v) is 1.54. The Morgan fingerprint density at radius 2 is 1.68 bits per heavy atom. The molecule has 0 saturated carbocycles. The molecule has 1 aromatic carbocycles. The van der Waals surface area contributed by atoms with Gasteiger partial charge in [0.2, 0.25) is 0 Å². The summed E-state index contributed by atoms with van der Waals surface area (Å²) in [5.74, 6) is -0.142. The topological polar surface area (TPSA) is 56.1 Å². The number of hydrogen-bond acceptors (Lipinski definition) is 3. The average molecular weight is 259 g/mol. The molecule has 102 valence electrons. The first kappa shape index (κ1) is 15.2. The monoisotopic (exact) mass is 259 g/mol. The summed E-state index contributed by atoms with van der Waals surface area (Å²) >= 11 is 0. The Morgan fingerprint density at radius 3 is 2.11 bits per heavy atom. The lowest BCUT2D eigenvalue weighted by Crippen LogP contribution is -2.60. The van der Waals surface area contributed by atoms with Crippen molar-refractivity contribution < 1.29 is 4.79 Å². The highest BCUT2D eigenvalue weighted by atomic mass is 16.2. The number of nitrogens with one attached hydrogen (secondary N) is 1. The molecule has 0 aromatic heterocycles. The van der Waals surface area contributed by atoms with Crippen molar-refractivity contribution in [2.75, 3.05) is 0 Å². The van der Waals surface area contributed by atoms with E-state index in [1.165, 1.54) is 5.01 Å². The van der Waals surface area contributed by atoms with E-state index in [0.29, 0.717) is 5.56 Å². The van der Waals surface area contributed by atoms with Crippen molar-refractivity contribution in [2.24, 2.45) is 0 Å². The molecule has 0 bridgehead atoms. The molecular formula is C15H21N3O. The van der Waals surface area contributed by atoms with Crippen molar-refractivity contribution in [1.82, 2.24) is 10.4 Å². The van der Waals surface area contributed by atoms with E-state index in [1.54, 1.807) is 26.0 Å². The van der Waals surface area contributed by atoms with Gasteiger partial charge in [-0.25, -0.2) is 5.43 Å². The van der Waals surface area contributed by atoms with Gasteiger partial charge >= 0.3 is 0 Å². The van der Waals surface area contributed by atoms with E-state index < -0.39 is 11.1 Å². The number of rotatable bonds is 3. The molecule has 0 aliphatic heterocycles. The minimum Gasteiger partial charge on any atom is -0.268 e. The highest BCUT2D eigenvalue weighted by Crippen LogP contribution is 2.17. The van der Waals surface area contributed by atoms with E-state index in [0.717, 1.165) is 0 Å². The highest BCUT2D eigenvalue weighted by Gasteiger charge is 2.32. The Morgan fingerprint density at radius 1 is 1.16 bits per heavy atom. The number of nitrogens with zero attached hydrogens (tertiary/aromatic N) is 2. The van der Waals surface area contributed by atoms with Crippen molar-refractivity contribution in [1.29, 1.82) is 5.26 Å². The third kappa shape index (κ3) is 4.08. The van der Waals surface area contributed by atoms with E-state index in [-0.39, 0.29) is 5.91 Å². The van der Waals surface area contributed by atoms with Crippen LogP contribution in [0.3, 0.4) is 0 Å². The minimum atomic E-state index is -0.808. The van der Waals surface area contributed by atoms with Crippen LogP contribution in [-0.4, -0.2) is 22.0 Å². The summed E-state index contributed by atoms with van der Waals surface area (Å²) in [7, 11) is 0. The van der Waals surface area contributed by atoms with E-state index >= 15 is 0 Å². The van der Waals surface area contributed by atoms with Gasteiger partial charge in [-0.1, -0.05) is 18.2 Å². The zero-order valence-electron chi connectivity index (χ0n) is 12.2. The van der Waals surface area contributed by atoms with Crippen LogP contribution in [0.15, 0.2) is 30.3 Å². The third-order valence-corrected chi connectivity index (χ3v) is 2.57. The van der Waals surface area contributed by atoms with Gasteiger partial charge in [-0.15, -0.1) is 0 Å². The molecule has 0 atom stereocenters. The lowest BCUT2D eigenvalue weighted by atomic mass is 10.0. The van der Waals surface area contributed by atoms with E-state index in [9.17, 15) is 4.79 Å². The second-order valence-corrected chi connectivity index (χ2v) is 6.03. The second-order valence-electron chi connectivity index (χ2n) is 6.03. The predicted molar refractivity (Wildman–Crippen MR) is 75.2 cm³/mol. The highest BCUT2D eigenvalue weighted by molar-refractivity contribution is 5.94. The fourth-order valence-electron chi connectivity index (χ4n) is 1.54. The van der Waals surface area contributed by atoms with Gasteiger partial charge < -0.3 is 0 Å². The van der Waals surface area contributed by atoms with Crippen molar-refractivity contribution in [3.63, 3.8) is 0 Å². The first-order valence-electron chi connectivity index (χ1n) is 6.26. The molecule has 4 heteroatoms. The van der Waals surface area contributed by atoms with Crippen LogP contribution in [0.4, 0.5) is 0 Å². The number of carbonyl (C=O) groups excluding carboxylic acids is 1. The smallest absolute Gasteiger partial charge is 0.268 e. The van der Waals surface area contributed by atoms with Crippen LogP contribution in [0.2, 0.25) is 0 Å². The molecule has 1 amide bonds. The maximum absolute atomic E-state index is 12.5. The SMILES string of the molecule is CC(C)(C#N)NN(C(=O)c1ccccc1)C(C)(C)C. The van der Waals surface area contributed by atoms with Crippen LogP contribution in [-0.2, 0) is 0 Å². The Bertz CT molecular complexity index is 480. The lowest BCUT2D eigenvalue weighted by molar-refractivity contribution is 0.0293. The summed E-state index contributed by atoms with van der Waals surface area (Å²) in [5.41, 5.74) is 2.36. The van der Waals surface area contributed by atoms with Gasteiger partial charge in [0.25, 0.3) is 5.91 Å². The Hall–Kier alpha value is -1.86. The molecule has 0 saturated heterocycles. The fraction of sp³-hybridized carbons (Fsp3) is 0.467. The molecule has 0 unspecified atom stereocenters. The Kier molecular flexibility index (Phi) is 4.33. The minimum absolute atomic E-state index is 0.142. The second kappa shape index (κ2) is 5.41. The number of carbonyl (C=O) groups is 1. The van der Waals surface area contributed by atoms with Gasteiger partial charge in [-0.2, -0.15) is 5.26 Å². The van der Waals surface area contributed by atoms with Crippen molar-refractivity contribution in [3.05, 3.63) is 35.9 Å². The molecule has 0 fully saturated rings. The molecule has 19 heavy (non-hydrogen) atoms. The first-order valence-corrected chi connectivity index (χ1v) is 6.26. The predicted octanol–water partition coefficient (Wildman–Crippen LogP) is 2.73. The lowest BCUT2D eigenvalue weighted by Gasteiger charge is -2.39. The number of amides is 1. The standard InChI is InChI=1S/C15H21N3O/c1-14(2,3)18(17-15(4,5)11-16)13(19)12-9-7-6-8-10-12/h6-10,17H,1-5H3. The molecule has 0 radical (unpaired) electrons. The molecule has 0 aliphatic carbocycles. The van der Waals surface area contributed by atoms with E-state index in [1.807, 2.05) is 39.0 Å². The number of nitriles is 1. The van der Waals surface area contributed by atoms with Crippen molar-refractivity contribution in [2.45, 2.75) is 45.7 Å². The maximum Gasteiger partial charge on any atom is 0.268 e. The third-order valence-electron chi connectivity index (χ3n) is 2.57. The van der Waals surface area contributed by atoms with Crippen molar-refractivity contribution >= 4 is 5.91 Å². The first-order chi connectivity index (χ1) is 8.67. The molecule has 0 heterocycles. The summed E-state index contributed by atoms with van der Waals surface area (Å²) < 4.78 is 0. The molecule has 0 spiro atoms. The van der Waals surface area contributed by atoms with Gasteiger partial charge in [0.1, 0.15) is 5.54 Å². The number of benzene rings is 1. The Balaban J connectivity index is 3.07. The van der Waals surface area contributed by atoms with Gasteiger partial charge in [-0.3, -0.25) is 9.80 Å². The molecule has 0 aliphatic rings. The quantitative estimate of drug-likeness (QED) is 0.849. The summed E-state index contributed by atoms with van der Waals surface area (Å²) in [6, 6.07) is 11.2. The van der Waals surface area contributed by atoms with Gasteiger partial charge in [0, 0.05) is 5.56 Å². The number of hydrazine groups is 1. The molecule has 1 N–H and O–H groups in total. The van der Waals surface area contributed by atoms with Crippen LogP contribution in [0.5, 0.6) is 0 Å². The normalized spacial score (nSPS) is 11.8. The summed E-state index contributed by atoms with van der Waals surface area (Å²) in [5, 5.41) is 10.6. The zero-order chi connectivity index (χ0) is 14.7. The largest absolute Gasteiger partial charge is 0.268 e. The van der Waals surface area contributed by atoms with Crippen LogP contribution in [0.1, 0.15) is 45.0 Å².